The number of hydrogen-bond acceptors (Lipinski definition) is 15. The summed E-state index contributed by atoms with van der Waals surface area (Å²) in [5.74, 6) is -3.80. The summed E-state index contributed by atoms with van der Waals surface area (Å²) in [6.45, 7) is 2.45. The van der Waals surface area contributed by atoms with E-state index >= 15 is 0 Å². The molecule has 0 bridgehead atoms. The van der Waals surface area contributed by atoms with Crippen LogP contribution >= 0.6 is 0 Å². The number of nitrogens with zero attached hydrogens (tertiary/aromatic N) is 2. The minimum absolute atomic E-state index is 0.0292. The molecule has 1 amide bonds. The first-order valence-corrected chi connectivity index (χ1v) is 18.1. The molecule has 0 heterocycles. The number of unbranched alkanes of at least 4 members (excludes halogenated alkanes) is 3. The summed E-state index contributed by atoms with van der Waals surface area (Å²) in [7, 11) is 0. The van der Waals surface area contributed by atoms with Crippen LogP contribution in [0.1, 0.15) is 90.9 Å². The molecule has 0 spiro atoms. The van der Waals surface area contributed by atoms with E-state index < -0.39 is 75.4 Å². The number of aliphatic hydroxyl groups excluding tert-OH is 1. The number of aliphatic hydroxyl groups is 2. The molecule has 4 rings (SSSR count). The number of allylic oxidation sites excluding steroid dienone is 4. The minimum Gasteiger partial charge on any atom is -0.464 e. The monoisotopic (exact) mass is 751 g/mol. The summed E-state index contributed by atoms with van der Waals surface area (Å²) < 4.78 is 10.4. The lowest BCUT2D eigenvalue weighted by Gasteiger charge is -2.59. The van der Waals surface area contributed by atoms with Gasteiger partial charge >= 0.3 is 11.9 Å². The Morgan fingerprint density at radius 3 is 2.32 bits per heavy atom. The van der Waals surface area contributed by atoms with Gasteiger partial charge in [0.2, 0.25) is 11.7 Å². The van der Waals surface area contributed by atoms with E-state index in [1.807, 2.05) is 13.0 Å². The fourth-order valence-corrected chi connectivity index (χ4v) is 9.06. The summed E-state index contributed by atoms with van der Waals surface area (Å²) >= 11 is 0. The normalized spacial score (nSPS) is 30.4. The molecule has 0 radical (unpaired) electrons. The van der Waals surface area contributed by atoms with Crippen LogP contribution in [-0.2, 0) is 43.1 Å². The number of fused-ring (bicyclic) bond motifs is 5. The van der Waals surface area contributed by atoms with Crippen molar-refractivity contribution in [3.63, 3.8) is 0 Å². The van der Waals surface area contributed by atoms with E-state index in [9.17, 15) is 54.4 Å². The van der Waals surface area contributed by atoms with E-state index in [1.54, 1.807) is 13.0 Å². The van der Waals surface area contributed by atoms with Crippen molar-refractivity contribution in [3.8, 4) is 0 Å². The predicted molar refractivity (Wildman–Crippen MR) is 180 cm³/mol. The highest BCUT2D eigenvalue weighted by molar-refractivity contribution is 6.01. The number of carbonyl (C=O) groups excluding carboxylic acids is 5. The van der Waals surface area contributed by atoms with Gasteiger partial charge in [-0.3, -0.25) is 19.2 Å². The molecule has 4 aliphatic rings. The van der Waals surface area contributed by atoms with Gasteiger partial charge in [-0.2, -0.15) is 0 Å². The fraction of sp³-hybridized carbons (Fsp3) is 0.743. The minimum atomic E-state index is -1.91. The molecule has 3 saturated carbocycles. The Morgan fingerprint density at radius 2 is 1.64 bits per heavy atom. The summed E-state index contributed by atoms with van der Waals surface area (Å²) in [4.78, 5) is 93.3. The molecular weight excluding hydrogens is 702 g/mol. The second-order valence-electron chi connectivity index (χ2n) is 14.8. The number of ether oxygens (including phenoxy) is 2. The largest absolute Gasteiger partial charge is 0.464 e. The zero-order chi connectivity index (χ0) is 39.0. The Kier molecular flexibility index (Phi) is 13.7. The molecule has 18 nitrogen and oxygen atoms in total. The number of esters is 2. The van der Waals surface area contributed by atoms with Gasteiger partial charge in [0.05, 0.1) is 32.3 Å². The van der Waals surface area contributed by atoms with E-state index in [0.29, 0.717) is 38.5 Å². The van der Waals surface area contributed by atoms with Crippen molar-refractivity contribution in [2.24, 2.45) is 28.6 Å². The molecule has 294 valence electrons. The maximum Gasteiger partial charge on any atom is 0.329 e. The van der Waals surface area contributed by atoms with Crippen LogP contribution in [0.15, 0.2) is 23.8 Å². The topological polar surface area (TPSA) is 261 Å². The van der Waals surface area contributed by atoms with E-state index in [4.69, 9.17) is 9.47 Å². The van der Waals surface area contributed by atoms with Crippen molar-refractivity contribution in [1.82, 2.24) is 5.32 Å². The summed E-state index contributed by atoms with van der Waals surface area (Å²) in [5, 5.41) is 44.7. The highest BCUT2D eigenvalue weighted by Crippen LogP contribution is 2.67. The Balaban J connectivity index is 1.35. The second-order valence-corrected chi connectivity index (χ2v) is 14.8. The summed E-state index contributed by atoms with van der Waals surface area (Å²) in [6.07, 6.45) is 6.86. The van der Waals surface area contributed by atoms with Gasteiger partial charge < -0.3 is 34.7 Å². The molecule has 3 N–H and O–H groups in total. The molecule has 0 aromatic heterocycles. The first-order valence-electron chi connectivity index (χ1n) is 18.1. The lowest BCUT2D eigenvalue weighted by atomic mass is 9.46. The molecule has 3 fully saturated rings. The second kappa shape index (κ2) is 17.6. The highest BCUT2D eigenvalue weighted by Gasteiger charge is 2.68. The maximum absolute atomic E-state index is 13.7. The molecule has 0 saturated heterocycles. The number of Topliss-reactive ketones (excluding diaryl/α,β-unsaturated/α-hetero) is 1. The van der Waals surface area contributed by atoms with E-state index in [2.05, 4.69) is 15.0 Å². The standard InChI is InChI=1S/C35H49N3O15/c1-33-13-11-23(39)18-22(33)9-10-24-25-12-14-35(45,34(25,2)20-27(40)31(24)33)28(41)21-51-30(43)19-26(32(44)50-15-6-7-17-53-38(48)49)36-29(42)8-4-3-5-16-52-37(46)47/h11,13,18,24-27,31,40,45H,3-10,12,14-17,19-21H2,1-2H3,(H,36,42)/t24?,25?,26?,27-,31?,33-,34-,35-/m0/s1. The number of rotatable bonds is 20. The van der Waals surface area contributed by atoms with Crippen LogP contribution in [0.5, 0.6) is 0 Å². The SMILES string of the molecule is C[C@]12C=CC(=O)C=C1CCC1C2[C@@H](O)C[C@@]2(C)C1CC[C@]2(O)C(=O)COC(=O)CC(NC(=O)CCCCCO[N+](=O)[O-])C(=O)OCCCCO[N+](=O)[O-]. The van der Waals surface area contributed by atoms with E-state index in [0.717, 1.165) is 5.57 Å². The van der Waals surface area contributed by atoms with Gasteiger partial charge in [-0.15, -0.1) is 20.2 Å². The summed E-state index contributed by atoms with van der Waals surface area (Å²) in [5.41, 5.74) is -2.48. The molecule has 18 heteroatoms. The molecular formula is C35H49N3O15. The van der Waals surface area contributed by atoms with Crippen LogP contribution in [0.2, 0.25) is 0 Å². The lowest BCUT2D eigenvalue weighted by molar-refractivity contribution is -0.757. The van der Waals surface area contributed by atoms with Gasteiger partial charge in [0.25, 0.3) is 10.2 Å². The van der Waals surface area contributed by atoms with Crippen molar-refractivity contribution in [3.05, 3.63) is 44.0 Å². The van der Waals surface area contributed by atoms with E-state index in [-0.39, 0.29) is 75.5 Å². The zero-order valence-electron chi connectivity index (χ0n) is 30.0. The molecule has 0 aromatic carbocycles. The smallest absolute Gasteiger partial charge is 0.329 e. The number of hydrogen-bond donors (Lipinski definition) is 3. The van der Waals surface area contributed by atoms with Gasteiger partial charge in [0.15, 0.2) is 12.4 Å². The molecule has 4 unspecified atom stereocenters. The van der Waals surface area contributed by atoms with Gasteiger partial charge in [0.1, 0.15) is 11.6 Å². The molecule has 0 aromatic rings. The van der Waals surface area contributed by atoms with Gasteiger partial charge in [-0.25, -0.2) is 4.79 Å². The Bertz CT molecular complexity index is 1500. The van der Waals surface area contributed by atoms with Gasteiger partial charge in [-0.05, 0) is 81.8 Å². The van der Waals surface area contributed by atoms with Crippen LogP contribution < -0.4 is 5.32 Å². The van der Waals surface area contributed by atoms with Crippen molar-refractivity contribution in [1.29, 1.82) is 0 Å². The van der Waals surface area contributed by atoms with Gasteiger partial charge in [0, 0.05) is 23.2 Å². The van der Waals surface area contributed by atoms with Crippen LogP contribution in [0.25, 0.3) is 0 Å². The van der Waals surface area contributed by atoms with Crippen LogP contribution in [0.3, 0.4) is 0 Å². The first-order chi connectivity index (χ1) is 25.0. The Hall–Kier alpha value is -4.45. The zero-order valence-corrected chi connectivity index (χ0v) is 30.0. The Morgan fingerprint density at radius 1 is 0.981 bits per heavy atom. The predicted octanol–water partition coefficient (Wildman–Crippen LogP) is 2.28. The van der Waals surface area contributed by atoms with Gasteiger partial charge in [-0.1, -0.05) is 31.9 Å². The van der Waals surface area contributed by atoms with Crippen molar-refractivity contribution < 1.29 is 63.5 Å². The Labute approximate surface area is 305 Å². The van der Waals surface area contributed by atoms with Crippen molar-refractivity contribution >= 4 is 29.4 Å². The van der Waals surface area contributed by atoms with Crippen LogP contribution in [-0.4, -0.2) is 94.0 Å². The fourth-order valence-electron chi connectivity index (χ4n) is 9.06. The lowest BCUT2D eigenvalue weighted by Crippen LogP contribution is -2.61. The average Bonchev–Trinajstić information content (AvgIpc) is 3.36. The van der Waals surface area contributed by atoms with Crippen LogP contribution in [0, 0.1) is 48.8 Å². The van der Waals surface area contributed by atoms with E-state index in [1.165, 1.54) is 6.08 Å². The molecule has 8 atom stereocenters. The number of ketones is 2. The first kappa shape index (κ1) is 41.3. The van der Waals surface area contributed by atoms with Crippen LogP contribution in [0.4, 0.5) is 0 Å². The van der Waals surface area contributed by atoms with Crippen molar-refractivity contribution in [2.75, 3.05) is 26.4 Å². The maximum atomic E-state index is 13.7. The third kappa shape index (κ3) is 9.57. The number of carbonyl (C=O) groups is 5. The average molecular weight is 752 g/mol. The summed E-state index contributed by atoms with van der Waals surface area (Å²) in [6, 6.07) is -1.50. The molecule has 53 heavy (non-hydrogen) atoms. The third-order valence-corrected chi connectivity index (χ3v) is 11.7. The molecule has 4 aliphatic carbocycles. The number of nitrogens with one attached hydrogen (secondary N) is 1. The highest BCUT2D eigenvalue weighted by atomic mass is 17.0. The number of amides is 1. The quantitative estimate of drug-likeness (QED) is 0.0697. The molecule has 0 aliphatic heterocycles. The van der Waals surface area contributed by atoms with Crippen molar-refractivity contribution in [2.45, 2.75) is 109 Å². The third-order valence-electron chi connectivity index (χ3n) is 11.7.